The average molecular weight is 552 g/mol. The quantitative estimate of drug-likeness (QED) is 0.383. The highest BCUT2D eigenvalue weighted by molar-refractivity contribution is 5.95. The first-order valence-electron chi connectivity index (χ1n) is 13.8. The summed E-state index contributed by atoms with van der Waals surface area (Å²) in [7, 11) is 0. The fourth-order valence-electron chi connectivity index (χ4n) is 5.08. The molecule has 7 heteroatoms. The second-order valence-corrected chi connectivity index (χ2v) is 11.1. The van der Waals surface area contributed by atoms with Gasteiger partial charge in [0.25, 0.3) is 5.91 Å². The predicted octanol–water partition coefficient (Wildman–Crippen LogP) is 5.10. The van der Waals surface area contributed by atoms with Crippen LogP contribution in [0.1, 0.15) is 49.4 Å². The first-order chi connectivity index (χ1) is 19.7. The third kappa shape index (κ3) is 7.76. The van der Waals surface area contributed by atoms with Crippen LogP contribution in [0.3, 0.4) is 0 Å². The molecule has 1 fully saturated rings. The monoisotopic (exact) mass is 551 g/mol. The maximum Gasteiger partial charge on any atom is 0.410 e. The summed E-state index contributed by atoms with van der Waals surface area (Å²) in [5.41, 5.74) is 2.31. The van der Waals surface area contributed by atoms with E-state index in [9.17, 15) is 14.4 Å². The van der Waals surface area contributed by atoms with E-state index < -0.39 is 17.6 Å². The molecule has 0 bridgehead atoms. The number of rotatable bonds is 7. The molecule has 0 spiro atoms. The highest BCUT2D eigenvalue weighted by atomic mass is 16.6. The van der Waals surface area contributed by atoms with Gasteiger partial charge in [0.1, 0.15) is 12.1 Å². The predicted molar refractivity (Wildman–Crippen MR) is 159 cm³/mol. The molecule has 1 aliphatic heterocycles. The lowest BCUT2D eigenvalue weighted by molar-refractivity contribution is -0.140. The standard InChI is InChI=1S/C34H37N3O4/c1-5-31(38)36(23-29(26-15-9-6-10-16-26)27-17-11-7-12-18-27)25-32(39)35-21-22-37(33(40)41-34(2,3)4)30(24-35)28-19-13-8-14-20-28/h1,6-20,29-30H,21-25H2,2-4H3. The third-order valence-corrected chi connectivity index (χ3v) is 7.09. The van der Waals surface area contributed by atoms with Gasteiger partial charge in [0.15, 0.2) is 0 Å². The maximum atomic E-state index is 13.7. The van der Waals surface area contributed by atoms with Crippen LogP contribution in [0.5, 0.6) is 0 Å². The van der Waals surface area contributed by atoms with E-state index in [-0.39, 0.29) is 37.5 Å². The Kier molecular flexibility index (Phi) is 9.46. The van der Waals surface area contributed by atoms with E-state index >= 15 is 0 Å². The van der Waals surface area contributed by atoms with Crippen LogP contribution in [0.15, 0.2) is 91.0 Å². The highest BCUT2D eigenvalue weighted by Crippen LogP contribution is 2.29. The average Bonchev–Trinajstić information content (AvgIpc) is 2.98. The molecule has 4 rings (SSSR count). The van der Waals surface area contributed by atoms with Crippen LogP contribution in [0.4, 0.5) is 4.79 Å². The summed E-state index contributed by atoms with van der Waals surface area (Å²) < 4.78 is 5.67. The van der Waals surface area contributed by atoms with Gasteiger partial charge < -0.3 is 14.5 Å². The summed E-state index contributed by atoms with van der Waals surface area (Å²) in [6.07, 6.45) is 5.14. The summed E-state index contributed by atoms with van der Waals surface area (Å²) in [5.74, 6) is 1.28. The Bertz CT molecular complexity index is 1320. The van der Waals surface area contributed by atoms with Gasteiger partial charge in [-0.05, 0) is 43.4 Å². The third-order valence-electron chi connectivity index (χ3n) is 7.09. The van der Waals surface area contributed by atoms with E-state index in [1.807, 2.05) is 112 Å². The molecule has 3 aromatic rings. The molecular formula is C34H37N3O4. The van der Waals surface area contributed by atoms with Crippen molar-refractivity contribution >= 4 is 17.9 Å². The summed E-state index contributed by atoms with van der Waals surface area (Å²) in [6, 6.07) is 29.0. The molecule has 1 aliphatic rings. The van der Waals surface area contributed by atoms with Crippen molar-refractivity contribution in [1.82, 2.24) is 14.7 Å². The number of ether oxygens (including phenoxy) is 1. The zero-order valence-corrected chi connectivity index (χ0v) is 23.9. The van der Waals surface area contributed by atoms with Crippen molar-refractivity contribution in [2.45, 2.75) is 38.3 Å². The van der Waals surface area contributed by atoms with Gasteiger partial charge in [0.05, 0.1) is 6.04 Å². The second kappa shape index (κ2) is 13.2. The van der Waals surface area contributed by atoms with Crippen LogP contribution in [-0.4, -0.2) is 70.9 Å². The van der Waals surface area contributed by atoms with Crippen molar-refractivity contribution in [3.63, 3.8) is 0 Å². The van der Waals surface area contributed by atoms with Gasteiger partial charge in [-0.1, -0.05) is 91.0 Å². The van der Waals surface area contributed by atoms with Gasteiger partial charge in [0.2, 0.25) is 5.91 Å². The summed E-state index contributed by atoms with van der Waals surface area (Å²) in [4.78, 5) is 44.6. The van der Waals surface area contributed by atoms with Gasteiger partial charge in [-0.25, -0.2) is 4.79 Å². The molecule has 0 aromatic heterocycles. The van der Waals surface area contributed by atoms with Crippen molar-refractivity contribution in [2.24, 2.45) is 0 Å². The minimum atomic E-state index is -0.643. The molecular weight excluding hydrogens is 514 g/mol. The molecule has 41 heavy (non-hydrogen) atoms. The van der Waals surface area contributed by atoms with Crippen LogP contribution in [0.25, 0.3) is 0 Å². The van der Waals surface area contributed by atoms with Gasteiger partial charge in [-0.3, -0.25) is 14.5 Å². The topological polar surface area (TPSA) is 70.2 Å². The summed E-state index contributed by atoms with van der Waals surface area (Å²) >= 11 is 0. The molecule has 1 atom stereocenters. The van der Waals surface area contributed by atoms with Crippen LogP contribution in [0, 0.1) is 12.3 Å². The molecule has 1 saturated heterocycles. The summed E-state index contributed by atoms with van der Waals surface area (Å²) in [6.45, 7) is 6.49. The van der Waals surface area contributed by atoms with Crippen molar-refractivity contribution in [1.29, 1.82) is 0 Å². The number of amides is 3. The van der Waals surface area contributed by atoms with E-state index in [1.165, 1.54) is 4.90 Å². The number of hydrogen-bond donors (Lipinski definition) is 0. The largest absolute Gasteiger partial charge is 0.444 e. The number of benzene rings is 3. The van der Waals surface area contributed by atoms with E-state index in [1.54, 1.807) is 9.80 Å². The molecule has 0 aliphatic carbocycles. The van der Waals surface area contributed by atoms with Crippen molar-refractivity contribution in [3.8, 4) is 12.3 Å². The molecule has 3 aromatic carbocycles. The van der Waals surface area contributed by atoms with Crippen molar-refractivity contribution in [3.05, 3.63) is 108 Å². The second-order valence-electron chi connectivity index (χ2n) is 11.1. The molecule has 1 heterocycles. The van der Waals surface area contributed by atoms with Gasteiger partial charge in [-0.2, -0.15) is 0 Å². The number of terminal acetylenes is 1. The van der Waals surface area contributed by atoms with Gasteiger partial charge in [0, 0.05) is 32.1 Å². The first kappa shape index (κ1) is 29.4. The number of nitrogens with zero attached hydrogens (tertiary/aromatic N) is 3. The maximum absolute atomic E-state index is 13.7. The zero-order valence-electron chi connectivity index (χ0n) is 23.9. The number of carbonyl (C=O) groups excluding carboxylic acids is 3. The molecule has 212 valence electrons. The molecule has 3 amide bonds. The molecule has 0 N–H and O–H groups in total. The number of hydrogen-bond acceptors (Lipinski definition) is 4. The Balaban J connectivity index is 1.55. The Labute approximate surface area is 242 Å². The molecule has 0 radical (unpaired) electrons. The van der Waals surface area contributed by atoms with Crippen LogP contribution in [-0.2, 0) is 14.3 Å². The fraction of sp³-hybridized carbons (Fsp3) is 0.324. The van der Waals surface area contributed by atoms with Crippen molar-refractivity contribution in [2.75, 3.05) is 32.7 Å². The van der Waals surface area contributed by atoms with Crippen LogP contribution in [0.2, 0.25) is 0 Å². The lowest BCUT2D eigenvalue weighted by Crippen LogP contribution is -2.55. The van der Waals surface area contributed by atoms with E-state index in [0.717, 1.165) is 16.7 Å². The Morgan fingerprint density at radius 3 is 1.95 bits per heavy atom. The minimum absolute atomic E-state index is 0.160. The Morgan fingerprint density at radius 2 is 1.44 bits per heavy atom. The smallest absolute Gasteiger partial charge is 0.410 e. The zero-order chi connectivity index (χ0) is 29.4. The Morgan fingerprint density at radius 1 is 0.902 bits per heavy atom. The Hall–Kier alpha value is -4.57. The highest BCUT2D eigenvalue weighted by Gasteiger charge is 2.36. The van der Waals surface area contributed by atoms with Crippen LogP contribution < -0.4 is 0 Å². The minimum Gasteiger partial charge on any atom is -0.444 e. The molecule has 7 nitrogen and oxygen atoms in total. The van der Waals surface area contributed by atoms with Crippen molar-refractivity contribution < 1.29 is 19.1 Å². The fourth-order valence-corrected chi connectivity index (χ4v) is 5.08. The number of carbonyl (C=O) groups is 3. The van der Waals surface area contributed by atoms with E-state index in [4.69, 9.17) is 11.2 Å². The summed E-state index contributed by atoms with van der Waals surface area (Å²) in [5, 5.41) is 0. The first-order valence-corrected chi connectivity index (χ1v) is 13.8. The van der Waals surface area contributed by atoms with E-state index in [2.05, 4.69) is 5.92 Å². The van der Waals surface area contributed by atoms with E-state index in [0.29, 0.717) is 13.1 Å². The van der Waals surface area contributed by atoms with Gasteiger partial charge in [-0.15, -0.1) is 6.42 Å². The molecule has 0 saturated carbocycles. The van der Waals surface area contributed by atoms with Crippen LogP contribution >= 0.6 is 0 Å². The lowest BCUT2D eigenvalue weighted by atomic mass is 9.90. The number of piperazine rings is 1. The normalized spacial score (nSPS) is 15.2. The SMILES string of the molecule is C#CC(=O)N(CC(=O)N1CCN(C(=O)OC(C)(C)C)C(c2ccccc2)C1)CC(c1ccccc1)c1ccccc1. The lowest BCUT2D eigenvalue weighted by Gasteiger charge is -2.42. The van der Waals surface area contributed by atoms with Gasteiger partial charge >= 0.3 is 6.09 Å². The molecule has 1 unspecified atom stereocenters.